The highest BCUT2D eigenvalue weighted by atomic mass is 16.5. The number of benzene rings is 2. The molecule has 0 saturated heterocycles. The third-order valence-electron chi connectivity index (χ3n) is 3.20. The molecule has 0 aliphatic carbocycles. The molecule has 21 heavy (non-hydrogen) atoms. The molecule has 0 atom stereocenters. The Morgan fingerprint density at radius 2 is 1.90 bits per heavy atom. The van der Waals surface area contributed by atoms with E-state index >= 15 is 0 Å². The number of ether oxygens (including phenoxy) is 1. The smallest absolute Gasteiger partial charge is 0.233 e. The fourth-order valence-corrected chi connectivity index (χ4v) is 2.07. The van der Waals surface area contributed by atoms with Crippen LogP contribution in [0.4, 0.5) is 0 Å². The SMILES string of the molecule is CCC(=O)c1ccc(OCc2nc3ccccc3o2)cc1. The highest BCUT2D eigenvalue weighted by molar-refractivity contribution is 5.95. The molecule has 0 unspecified atom stereocenters. The summed E-state index contributed by atoms with van der Waals surface area (Å²) < 4.78 is 11.2. The van der Waals surface area contributed by atoms with Crippen molar-refractivity contribution >= 4 is 16.9 Å². The number of hydrogen-bond acceptors (Lipinski definition) is 4. The second-order valence-corrected chi connectivity index (χ2v) is 4.67. The maximum Gasteiger partial charge on any atom is 0.233 e. The Morgan fingerprint density at radius 3 is 2.62 bits per heavy atom. The zero-order chi connectivity index (χ0) is 14.7. The molecule has 0 fully saturated rings. The number of nitrogens with zero attached hydrogens (tertiary/aromatic N) is 1. The van der Waals surface area contributed by atoms with Gasteiger partial charge in [-0.1, -0.05) is 19.1 Å². The Hall–Kier alpha value is -2.62. The van der Waals surface area contributed by atoms with Gasteiger partial charge in [0.15, 0.2) is 18.0 Å². The Balaban J connectivity index is 1.68. The summed E-state index contributed by atoms with van der Waals surface area (Å²) in [6.07, 6.45) is 0.503. The molecule has 0 amide bonds. The largest absolute Gasteiger partial charge is 0.484 e. The molecule has 0 bridgehead atoms. The Kier molecular flexibility index (Phi) is 3.69. The number of hydrogen-bond donors (Lipinski definition) is 0. The van der Waals surface area contributed by atoms with E-state index in [-0.39, 0.29) is 12.4 Å². The quantitative estimate of drug-likeness (QED) is 0.663. The number of aromatic nitrogens is 1. The lowest BCUT2D eigenvalue weighted by atomic mass is 10.1. The number of Topliss-reactive ketones (excluding diaryl/α,β-unsaturated/α-hetero) is 1. The molecule has 3 aromatic rings. The minimum absolute atomic E-state index is 0.125. The van der Waals surface area contributed by atoms with Gasteiger partial charge in [0.1, 0.15) is 11.3 Å². The molecule has 0 aliphatic heterocycles. The average molecular weight is 281 g/mol. The second kappa shape index (κ2) is 5.79. The van der Waals surface area contributed by atoms with Crippen molar-refractivity contribution in [3.05, 3.63) is 60.0 Å². The van der Waals surface area contributed by atoms with Gasteiger partial charge in [-0.15, -0.1) is 0 Å². The summed E-state index contributed by atoms with van der Waals surface area (Å²) in [6.45, 7) is 2.11. The van der Waals surface area contributed by atoms with Crippen molar-refractivity contribution in [2.45, 2.75) is 20.0 Å². The predicted octanol–water partition coefficient (Wildman–Crippen LogP) is 4.00. The first-order valence-corrected chi connectivity index (χ1v) is 6.87. The lowest BCUT2D eigenvalue weighted by molar-refractivity contribution is 0.0988. The van der Waals surface area contributed by atoms with Crippen LogP contribution in [0.25, 0.3) is 11.1 Å². The van der Waals surface area contributed by atoms with E-state index in [2.05, 4.69) is 4.98 Å². The highest BCUT2D eigenvalue weighted by Crippen LogP contribution is 2.18. The lowest BCUT2D eigenvalue weighted by Crippen LogP contribution is -1.98. The van der Waals surface area contributed by atoms with Crippen molar-refractivity contribution in [2.75, 3.05) is 0 Å². The number of oxazole rings is 1. The monoisotopic (exact) mass is 281 g/mol. The third-order valence-corrected chi connectivity index (χ3v) is 3.20. The van der Waals surface area contributed by atoms with E-state index in [9.17, 15) is 4.79 Å². The van der Waals surface area contributed by atoms with Crippen LogP contribution < -0.4 is 4.74 Å². The number of rotatable bonds is 5. The van der Waals surface area contributed by atoms with Crippen LogP contribution in [-0.2, 0) is 6.61 Å². The summed E-state index contributed by atoms with van der Waals surface area (Å²) in [5, 5.41) is 0. The summed E-state index contributed by atoms with van der Waals surface area (Å²) in [5.41, 5.74) is 2.27. The van der Waals surface area contributed by atoms with E-state index in [1.54, 1.807) is 24.3 Å². The molecule has 3 rings (SSSR count). The first-order valence-electron chi connectivity index (χ1n) is 6.87. The molecule has 0 saturated carbocycles. The molecule has 0 N–H and O–H groups in total. The van der Waals surface area contributed by atoms with Crippen molar-refractivity contribution in [2.24, 2.45) is 0 Å². The summed E-state index contributed by atoms with van der Waals surface area (Å²) in [7, 11) is 0. The van der Waals surface area contributed by atoms with Gasteiger partial charge in [-0.25, -0.2) is 4.98 Å². The van der Waals surface area contributed by atoms with Gasteiger partial charge in [-0.3, -0.25) is 4.79 Å². The van der Waals surface area contributed by atoms with Gasteiger partial charge in [0.05, 0.1) is 0 Å². The van der Waals surface area contributed by atoms with Crippen molar-refractivity contribution in [1.29, 1.82) is 0 Å². The molecule has 4 heteroatoms. The number of carbonyl (C=O) groups is 1. The summed E-state index contributed by atoms with van der Waals surface area (Å²) in [5.74, 6) is 1.34. The van der Waals surface area contributed by atoms with Crippen molar-refractivity contribution in [3.63, 3.8) is 0 Å². The van der Waals surface area contributed by atoms with Gasteiger partial charge in [0.2, 0.25) is 5.89 Å². The highest BCUT2D eigenvalue weighted by Gasteiger charge is 2.06. The van der Waals surface area contributed by atoms with E-state index in [1.807, 2.05) is 31.2 Å². The van der Waals surface area contributed by atoms with Crippen LogP contribution in [-0.4, -0.2) is 10.8 Å². The van der Waals surface area contributed by atoms with E-state index < -0.39 is 0 Å². The molecule has 1 heterocycles. The van der Waals surface area contributed by atoms with E-state index in [1.165, 1.54) is 0 Å². The standard InChI is InChI=1S/C17H15NO3/c1-2-15(19)12-7-9-13(10-8-12)20-11-17-18-14-5-3-4-6-16(14)21-17/h3-10H,2,11H2,1H3. The summed E-state index contributed by atoms with van der Waals surface area (Å²) in [6, 6.07) is 14.7. The normalized spacial score (nSPS) is 10.7. The van der Waals surface area contributed by atoms with Gasteiger partial charge >= 0.3 is 0 Å². The molecule has 1 aromatic heterocycles. The molecular weight excluding hydrogens is 266 g/mol. The van der Waals surface area contributed by atoms with Crippen LogP contribution in [0.2, 0.25) is 0 Å². The van der Waals surface area contributed by atoms with E-state index in [4.69, 9.17) is 9.15 Å². The zero-order valence-electron chi connectivity index (χ0n) is 11.7. The Labute approximate surface area is 122 Å². The minimum Gasteiger partial charge on any atom is -0.484 e. The predicted molar refractivity (Wildman–Crippen MR) is 79.4 cm³/mol. The van der Waals surface area contributed by atoms with Crippen LogP contribution >= 0.6 is 0 Å². The van der Waals surface area contributed by atoms with Crippen LogP contribution in [0.1, 0.15) is 29.6 Å². The molecule has 0 aliphatic rings. The molecule has 0 radical (unpaired) electrons. The molecule has 2 aromatic carbocycles. The average Bonchev–Trinajstić information content (AvgIpc) is 2.95. The van der Waals surface area contributed by atoms with Crippen molar-refractivity contribution in [3.8, 4) is 5.75 Å². The van der Waals surface area contributed by atoms with Gasteiger partial charge in [0, 0.05) is 12.0 Å². The number of para-hydroxylation sites is 2. The van der Waals surface area contributed by atoms with Gasteiger partial charge in [-0.2, -0.15) is 0 Å². The van der Waals surface area contributed by atoms with Crippen LogP contribution in [0.3, 0.4) is 0 Å². The lowest BCUT2D eigenvalue weighted by Gasteiger charge is -2.04. The Morgan fingerprint density at radius 1 is 1.14 bits per heavy atom. The number of carbonyl (C=O) groups excluding carboxylic acids is 1. The molecule has 0 spiro atoms. The minimum atomic E-state index is 0.125. The second-order valence-electron chi connectivity index (χ2n) is 4.67. The van der Waals surface area contributed by atoms with Crippen LogP contribution in [0.5, 0.6) is 5.75 Å². The summed E-state index contributed by atoms with van der Waals surface area (Å²) in [4.78, 5) is 15.9. The molecule has 4 nitrogen and oxygen atoms in total. The number of ketones is 1. The maximum absolute atomic E-state index is 11.5. The fraction of sp³-hybridized carbons (Fsp3) is 0.176. The van der Waals surface area contributed by atoms with Gasteiger partial charge < -0.3 is 9.15 Å². The fourth-order valence-electron chi connectivity index (χ4n) is 2.07. The van der Waals surface area contributed by atoms with Gasteiger partial charge in [0.25, 0.3) is 0 Å². The van der Waals surface area contributed by atoms with E-state index in [0.717, 1.165) is 11.1 Å². The first kappa shape index (κ1) is 13.4. The first-order chi connectivity index (χ1) is 10.3. The molecule has 106 valence electrons. The zero-order valence-corrected chi connectivity index (χ0v) is 11.7. The van der Waals surface area contributed by atoms with Crippen LogP contribution in [0.15, 0.2) is 52.9 Å². The van der Waals surface area contributed by atoms with Crippen LogP contribution in [0, 0.1) is 0 Å². The topological polar surface area (TPSA) is 52.3 Å². The van der Waals surface area contributed by atoms with Gasteiger partial charge in [-0.05, 0) is 36.4 Å². The molecular formula is C17H15NO3. The third kappa shape index (κ3) is 2.94. The maximum atomic E-state index is 11.5. The number of fused-ring (bicyclic) bond motifs is 1. The van der Waals surface area contributed by atoms with Crippen molar-refractivity contribution in [1.82, 2.24) is 4.98 Å². The van der Waals surface area contributed by atoms with E-state index in [0.29, 0.717) is 23.6 Å². The summed E-state index contributed by atoms with van der Waals surface area (Å²) >= 11 is 0. The Bertz CT molecular complexity index is 726. The van der Waals surface area contributed by atoms with Crippen molar-refractivity contribution < 1.29 is 13.9 Å².